The summed E-state index contributed by atoms with van der Waals surface area (Å²) in [5.74, 6) is 2.59. The van der Waals surface area contributed by atoms with E-state index in [-0.39, 0.29) is 11.8 Å². The lowest BCUT2D eigenvalue weighted by molar-refractivity contribution is -0.118. The van der Waals surface area contributed by atoms with E-state index in [1.165, 1.54) is 25.7 Å². The molecule has 3 aromatic rings. The van der Waals surface area contributed by atoms with Crippen LogP contribution in [0.5, 0.6) is 11.5 Å². The zero-order chi connectivity index (χ0) is 20.8. The van der Waals surface area contributed by atoms with E-state index in [1.807, 2.05) is 73.7 Å². The van der Waals surface area contributed by atoms with Crippen molar-refractivity contribution >= 4 is 11.7 Å². The molecular weight excluding hydrogens is 372 g/mol. The first-order valence-corrected chi connectivity index (χ1v) is 10.7. The van der Waals surface area contributed by atoms with Crippen molar-refractivity contribution < 1.29 is 9.53 Å². The Labute approximate surface area is 178 Å². The highest BCUT2D eigenvalue weighted by atomic mass is 16.5. The maximum Gasteiger partial charge on any atom is 0.233 e. The molecule has 154 valence electrons. The van der Waals surface area contributed by atoms with Gasteiger partial charge in [-0.15, -0.1) is 0 Å². The number of hydrogen-bond acceptors (Lipinski definition) is 3. The van der Waals surface area contributed by atoms with Crippen molar-refractivity contribution in [3.05, 3.63) is 84.1 Å². The number of nitrogens with one attached hydrogen (secondary N) is 1. The number of para-hydroxylation sites is 1. The second-order valence-electron chi connectivity index (χ2n) is 8.13. The molecule has 1 fully saturated rings. The number of pyridine rings is 1. The zero-order valence-electron chi connectivity index (χ0n) is 17.4. The van der Waals surface area contributed by atoms with E-state index in [0.717, 1.165) is 29.0 Å². The molecule has 1 heterocycles. The third kappa shape index (κ3) is 5.26. The summed E-state index contributed by atoms with van der Waals surface area (Å²) in [5.41, 5.74) is 2.09. The first-order chi connectivity index (χ1) is 14.7. The van der Waals surface area contributed by atoms with Gasteiger partial charge in [0.1, 0.15) is 17.3 Å². The average Bonchev–Trinajstić information content (AvgIpc) is 3.28. The van der Waals surface area contributed by atoms with Crippen molar-refractivity contribution in [2.45, 2.75) is 44.9 Å². The Hall–Kier alpha value is -3.14. The number of hydrogen-bond donors (Lipinski definition) is 1. The molecule has 0 saturated heterocycles. The second-order valence-corrected chi connectivity index (χ2v) is 8.13. The number of aryl methyl sites for hydroxylation is 1. The number of rotatable bonds is 7. The maximum absolute atomic E-state index is 13.2. The lowest BCUT2D eigenvalue weighted by Gasteiger charge is -2.21. The summed E-state index contributed by atoms with van der Waals surface area (Å²) in [7, 11) is 0. The summed E-state index contributed by atoms with van der Waals surface area (Å²) in [6, 6.07) is 21.5. The van der Waals surface area contributed by atoms with Crippen molar-refractivity contribution in [1.29, 1.82) is 0 Å². The van der Waals surface area contributed by atoms with Crippen LogP contribution in [0.1, 0.15) is 49.1 Å². The molecule has 0 spiro atoms. The molecule has 1 N–H and O–H groups in total. The molecule has 0 radical (unpaired) electrons. The van der Waals surface area contributed by atoms with Crippen molar-refractivity contribution in [2.75, 3.05) is 5.32 Å². The Morgan fingerprint density at radius 1 is 1.00 bits per heavy atom. The van der Waals surface area contributed by atoms with E-state index in [2.05, 4.69) is 10.3 Å². The van der Waals surface area contributed by atoms with Crippen LogP contribution in [-0.4, -0.2) is 10.9 Å². The van der Waals surface area contributed by atoms with Gasteiger partial charge >= 0.3 is 0 Å². The molecule has 1 aromatic heterocycles. The molecule has 4 nitrogen and oxygen atoms in total. The van der Waals surface area contributed by atoms with Crippen LogP contribution in [0.2, 0.25) is 0 Å². The Morgan fingerprint density at radius 3 is 2.37 bits per heavy atom. The Balaban J connectivity index is 1.50. The topological polar surface area (TPSA) is 51.2 Å². The predicted octanol–water partition coefficient (Wildman–Crippen LogP) is 6.48. The molecule has 4 rings (SSSR count). The molecular formula is C26H28N2O2. The largest absolute Gasteiger partial charge is 0.457 e. The highest BCUT2D eigenvalue weighted by Gasteiger charge is 2.27. The van der Waals surface area contributed by atoms with Gasteiger partial charge in [-0.1, -0.05) is 62.1 Å². The highest BCUT2D eigenvalue weighted by molar-refractivity contribution is 5.95. The van der Waals surface area contributed by atoms with Crippen LogP contribution in [0, 0.1) is 12.8 Å². The normalized spacial score (nSPS) is 15.0. The van der Waals surface area contributed by atoms with Gasteiger partial charge in [0.25, 0.3) is 0 Å². The first kappa shape index (κ1) is 20.1. The average molecular weight is 401 g/mol. The summed E-state index contributed by atoms with van der Waals surface area (Å²) in [6.45, 7) is 1.99. The van der Waals surface area contributed by atoms with Gasteiger partial charge in [-0.05, 0) is 60.7 Å². The minimum atomic E-state index is -0.193. The standard InChI is InChI=1S/C26H28N2O2/c1-19-11-16-25(27-18-19)28-26(29)24(17-20-7-5-6-8-20)21-12-14-23(15-13-21)30-22-9-3-2-4-10-22/h2-4,9-16,18,20,24H,5-8,17H2,1H3,(H,27,28,29). The number of benzene rings is 2. The number of anilines is 1. The van der Waals surface area contributed by atoms with E-state index in [1.54, 1.807) is 6.20 Å². The predicted molar refractivity (Wildman–Crippen MR) is 120 cm³/mol. The van der Waals surface area contributed by atoms with Gasteiger partial charge in [-0.3, -0.25) is 4.79 Å². The third-order valence-corrected chi connectivity index (χ3v) is 5.78. The van der Waals surface area contributed by atoms with Gasteiger partial charge < -0.3 is 10.1 Å². The fourth-order valence-electron chi connectivity index (χ4n) is 4.12. The van der Waals surface area contributed by atoms with Gasteiger partial charge in [-0.2, -0.15) is 0 Å². The summed E-state index contributed by atoms with van der Waals surface area (Å²) in [5, 5.41) is 3.01. The molecule has 2 aromatic carbocycles. The van der Waals surface area contributed by atoms with Crippen LogP contribution < -0.4 is 10.1 Å². The van der Waals surface area contributed by atoms with Crippen LogP contribution in [0.25, 0.3) is 0 Å². The Bertz CT molecular complexity index is 947. The molecule has 0 bridgehead atoms. The third-order valence-electron chi connectivity index (χ3n) is 5.78. The number of carbonyl (C=O) groups excluding carboxylic acids is 1. The van der Waals surface area contributed by atoms with E-state index in [4.69, 9.17) is 4.74 Å². The summed E-state index contributed by atoms with van der Waals surface area (Å²) < 4.78 is 5.90. The quantitative estimate of drug-likeness (QED) is 0.493. The summed E-state index contributed by atoms with van der Waals surface area (Å²) >= 11 is 0. The molecule has 0 aliphatic heterocycles. The van der Waals surface area contributed by atoms with Crippen molar-refractivity contribution in [3.8, 4) is 11.5 Å². The second kappa shape index (κ2) is 9.57. The SMILES string of the molecule is Cc1ccc(NC(=O)C(CC2CCCC2)c2ccc(Oc3ccccc3)cc2)nc1. The highest BCUT2D eigenvalue weighted by Crippen LogP contribution is 2.35. The lowest BCUT2D eigenvalue weighted by Crippen LogP contribution is -2.23. The number of nitrogens with zero attached hydrogens (tertiary/aromatic N) is 1. The van der Waals surface area contributed by atoms with Crippen molar-refractivity contribution in [1.82, 2.24) is 4.98 Å². The molecule has 1 saturated carbocycles. The van der Waals surface area contributed by atoms with Crippen molar-refractivity contribution in [2.24, 2.45) is 5.92 Å². The number of ether oxygens (including phenoxy) is 1. The van der Waals surface area contributed by atoms with Crippen LogP contribution >= 0.6 is 0 Å². The van der Waals surface area contributed by atoms with Gasteiger partial charge in [-0.25, -0.2) is 4.98 Å². The van der Waals surface area contributed by atoms with E-state index in [0.29, 0.717) is 11.7 Å². The Kier molecular flexibility index (Phi) is 6.43. The van der Waals surface area contributed by atoms with Gasteiger partial charge in [0.2, 0.25) is 5.91 Å². The van der Waals surface area contributed by atoms with Crippen LogP contribution in [0.15, 0.2) is 72.9 Å². The minimum absolute atomic E-state index is 0.00924. The number of amides is 1. The fourth-order valence-corrected chi connectivity index (χ4v) is 4.12. The van der Waals surface area contributed by atoms with E-state index < -0.39 is 0 Å². The lowest BCUT2D eigenvalue weighted by atomic mass is 9.87. The number of aromatic nitrogens is 1. The van der Waals surface area contributed by atoms with Crippen LogP contribution in [0.3, 0.4) is 0 Å². The van der Waals surface area contributed by atoms with Crippen LogP contribution in [-0.2, 0) is 4.79 Å². The van der Waals surface area contributed by atoms with Gasteiger partial charge in [0.15, 0.2) is 0 Å². The molecule has 4 heteroatoms. The molecule has 30 heavy (non-hydrogen) atoms. The first-order valence-electron chi connectivity index (χ1n) is 10.7. The molecule has 1 amide bonds. The molecule has 1 aliphatic carbocycles. The number of carbonyl (C=O) groups is 1. The van der Waals surface area contributed by atoms with Gasteiger partial charge in [0.05, 0.1) is 5.92 Å². The molecule has 1 atom stereocenters. The Morgan fingerprint density at radius 2 is 1.70 bits per heavy atom. The van der Waals surface area contributed by atoms with E-state index >= 15 is 0 Å². The smallest absolute Gasteiger partial charge is 0.233 e. The minimum Gasteiger partial charge on any atom is -0.457 e. The zero-order valence-corrected chi connectivity index (χ0v) is 17.4. The van der Waals surface area contributed by atoms with Gasteiger partial charge in [0, 0.05) is 6.20 Å². The monoisotopic (exact) mass is 400 g/mol. The molecule has 1 unspecified atom stereocenters. The van der Waals surface area contributed by atoms with E-state index in [9.17, 15) is 4.79 Å². The van der Waals surface area contributed by atoms with Crippen molar-refractivity contribution in [3.63, 3.8) is 0 Å². The summed E-state index contributed by atoms with van der Waals surface area (Å²) in [6.07, 6.45) is 7.60. The summed E-state index contributed by atoms with van der Waals surface area (Å²) in [4.78, 5) is 17.5. The molecule has 1 aliphatic rings. The van der Waals surface area contributed by atoms with Crippen LogP contribution in [0.4, 0.5) is 5.82 Å². The fraction of sp³-hybridized carbons (Fsp3) is 0.308. The maximum atomic E-state index is 13.2.